The Morgan fingerprint density at radius 1 is 1.50 bits per heavy atom. The van der Waals surface area contributed by atoms with Gasteiger partial charge in [0.2, 0.25) is 0 Å². The molecule has 0 spiro atoms. The molecule has 1 aromatic rings. The van der Waals surface area contributed by atoms with Crippen LogP contribution in [0.3, 0.4) is 0 Å². The summed E-state index contributed by atoms with van der Waals surface area (Å²) >= 11 is 0. The fraction of sp³-hybridized carbons (Fsp3) is 0.769. The number of fused-ring (bicyclic) bond motifs is 1. The van der Waals surface area contributed by atoms with E-state index in [-0.39, 0.29) is 0 Å². The summed E-state index contributed by atoms with van der Waals surface area (Å²) in [6.07, 6.45) is 5.48. The van der Waals surface area contributed by atoms with E-state index in [1.165, 1.54) is 23.6 Å². The van der Waals surface area contributed by atoms with Crippen LogP contribution in [0.2, 0.25) is 0 Å². The average Bonchev–Trinajstić information content (AvgIpc) is 2.52. The molecule has 0 aromatic carbocycles. The van der Waals surface area contributed by atoms with Crippen molar-refractivity contribution in [3.05, 3.63) is 17.2 Å². The van der Waals surface area contributed by atoms with Crippen molar-refractivity contribution >= 4 is 0 Å². The van der Waals surface area contributed by atoms with Crippen LogP contribution >= 0.6 is 0 Å². The first kappa shape index (κ1) is 11.6. The van der Waals surface area contributed by atoms with Gasteiger partial charge in [0.25, 0.3) is 0 Å². The van der Waals surface area contributed by atoms with Crippen LogP contribution in [-0.2, 0) is 26.3 Å². The van der Waals surface area contributed by atoms with E-state index < -0.39 is 0 Å². The van der Waals surface area contributed by atoms with Gasteiger partial charge in [-0.15, -0.1) is 0 Å². The highest BCUT2D eigenvalue weighted by Crippen LogP contribution is 2.21. The van der Waals surface area contributed by atoms with Gasteiger partial charge in [-0.25, -0.2) is 4.98 Å². The molecule has 0 bridgehead atoms. The van der Waals surface area contributed by atoms with Gasteiger partial charge in [0.05, 0.1) is 5.69 Å². The van der Waals surface area contributed by atoms with Crippen LogP contribution in [0.25, 0.3) is 0 Å². The Hall–Kier alpha value is -0.830. The highest BCUT2D eigenvalue weighted by molar-refractivity contribution is 5.21. The molecule has 2 rings (SSSR count). The number of hydrogen-bond donors (Lipinski definition) is 1. The van der Waals surface area contributed by atoms with Crippen molar-refractivity contribution in [2.45, 2.75) is 52.0 Å². The number of aryl methyl sites for hydroxylation is 1. The zero-order chi connectivity index (χ0) is 11.7. The Morgan fingerprint density at radius 3 is 2.94 bits per heavy atom. The van der Waals surface area contributed by atoms with Crippen LogP contribution < -0.4 is 5.73 Å². The van der Waals surface area contributed by atoms with Gasteiger partial charge in [0.15, 0.2) is 0 Å². The van der Waals surface area contributed by atoms with Gasteiger partial charge in [-0.05, 0) is 25.2 Å². The molecule has 1 aromatic heterocycles. The van der Waals surface area contributed by atoms with E-state index in [9.17, 15) is 0 Å². The second kappa shape index (κ2) is 4.58. The molecule has 1 unspecified atom stereocenters. The van der Waals surface area contributed by atoms with Crippen molar-refractivity contribution in [2.24, 2.45) is 18.7 Å². The minimum Gasteiger partial charge on any atom is -0.335 e. The Labute approximate surface area is 98.1 Å². The fourth-order valence-electron chi connectivity index (χ4n) is 2.43. The maximum Gasteiger partial charge on any atom is 0.108 e. The van der Waals surface area contributed by atoms with E-state index in [4.69, 9.17) is 10.7 Å². The lowest BCUT2D eigenvalue weighted by molar-refractivity contribution is 0.549. The maximum atomic E-state index is 5.98. The van der Waals surface area contributed by atoms with Crippen LogP contribution in [0.5, 0.6) is 0 Å². The molecular formula is C13H23N3. The molecule has 0 fully saturated rings. The lowest BCUT2D eigenvalue weighted by atomic mass is 9.97. The number of nitrogens with two attached hydrogens (primary N) is 1. The molecule has 1 aliphatic carbocycles. The number of rotatable bonds is 3. The minimum absolute atomic E-state index is 0.320. The van der Waals surface area contributed by atoms with E-state index in [1.54, 1.807) is 0 Å². The summed E-state index contributed by atoms with van der Waals surface area (Å²) in [6, 6.07) is 0.320. The molecule has 0 aliphatic heterocycles. The van der Waals surface area contributed by atoms with Crippen molar-refractivity contribution in [2.75, 3.05) is 0 Å². The van der Waals surface area contributed by atoms with Crippen molar-refractivity contribution < 1.29 is 0 Å². The molecule has 0 amide bonds. The van der Waals surface area contributed by atoms with Crippen molar-refractivity contribution in [1.29, 1.82) is 0 Å². The van der Waals surface area contributed by atoms with Gasteiger partial charge >= 0.3 is 0 Å². The smallest absolute Gasteiger partial charge is 0.108 e. The highest BCUT2D eigenvalue weighted by atomic mass is 15.1. The standard InChI is InChI=1S/C13H23N3/c1-9(2)4-7-13-15-11-8-10(14)5-6-12(11)16(13)3/h9-10H,4-8,14H2,1-3H3. The van der Waals surface area contributed by atoms with Crippen LogP contribution in [0, 0.1) is 5.92 Å². The van der Waals surface area contributed by atoms with Gasteiger partial charge in [0, 0.05) is 31.6 Å². The summed E-state index contributed by atoms with van der Waals surface area (Å²) in [5.74, 6) is 1.99. The largest absolute Gasteiger partial charge is 0.335 e. The SMILES string of the molecule is CC(C)CCc1nc2c(n1C)CCC(N)C2. The number of nitrogens with zero attached hydrogens (tertiary/aromatic N) is 2. The minimum atomic E-state index is 0.320. The van der Waals surface area contributed by atoms with Crippen molar-refractivity contribution in [1.82, 2.24) is 9.55 Å². The zero-order valence-corrected chi connectivity index (χ0v) is 10.7. The predicted octanol–water partition coefficient (Wildman–Crippen LogP) is 1.82. The average molecular weight is 221 g/mol. The lowest BCUT2D eigenvalue weighted by Gasteiger charge is -2.17. The van der Waals surface area contributed by atoms with Crippen LogP contribution in [0.1, 0.15) is 43.9 Å². The van der Waals surface area contributed by atoms with E-state index in [2.05, 4.69) is 25.5 Å². The zero-order valence-electron chi connectivity index (χ0n) is 10.7. The maximum absolute atomic E-state index is 5.98. The predicted molar refractivity (Wildman–Crippen MR) is 66.4 cm³/mol. The molecule has 3 heteroatoms. The van der Waals surface area contributed by atoms with Gasteiger partial charge < -0.3 is 10.3 Å². The molecule has 16 heavy (non-hydrogen) atoms. The van der Waals surface area contributed by atoms with Gasteiger partial charge in [-0.2, -0.15) is 0 Å². The molecule has 90 valence electrons. The molecule has 1 atom stereocenters. The van der Waals surface area contributed by atoms with E-state index in [0.717, 1.165) is 31.6 Å². The van der Waals surface area contributed by atoms with Crippen LogP contribution in [-0.4, -0.2) is 15.6 Å². The normalized spacial score (nSPS) is 20.2. The summed E-state index contributed by atoms with van der Waals surface area (Å²) in [5, 5.41) is 0. The second-order valence-electron chi connectivity index (χ2n) is 5.42. The molecule has 0 saturated carbocycles. The third kappa shape index (κ3) is 2.29. The first-order chi connectivity index (χ1) is 7.58. The monoisotopic (exact) mass is 221 g/mol. The van der Waals surface area contributed by atoms with Gasteiger partial charge in [0.1, 0.15) is 5.82 Å². The Morgan fingerprint density at radius 2 is 2.25 bits per heavy atom. The van der Waals surface area contributed by atoms with E-state index in [1.807, 2.05) is 0 Å². The molecule has 1 aliphatic rings. The first-order valence-corrected chi connectivity index (χ1v) is 6.37. The van der Waals surface area contributed by atoms with E-state index in [0.29, 0.717) is 6.04 Å². The molecule has 2 N–H and O–H groups in total. The Bertz CT molecular complexity index is 365. The third-order valence-corrected chi connectivity index (χ3v) is 3.54. The quantitative estimate of drug-likeness (QED) is 0.846. The Kier molecular flexibility index (Phi) is 3.33. The second-order valence-corrected chi connectivity index (χ2v) is 5.42. The number of hydrogen-bond acceptors (Lipinski definition) is 2. The summed E-state index contributed by atoms with van der Waals surface area (Å²) in [5.41, 5.74) is 8.65. The van der Waals surface area contributed by atoms with Crippen LogP contribution in [0.15, 0.2) is 0 Å². The fourth-order valence-corrected chi connectivity index (χ4v) is 2.43. The highest BCUT2D eigenvalue weighted by Gasteiger charge is 2.21. The number of aromatic nitrogens is 2. The molecule has 0 saturated heterocycles. The Balaban J connectivity index is 2.15. The molecule has 3 nitrogen and oxygen atoms in total. The third-order valence-electron chi connectivity index (χ3n) is 3.54. The summed E-state index contributed by atoms with van der Waals surface area (Å²) < 4.78 is 2.30. The molecule has 0 radical (unpaired) electrons. The summed E-state index contributed by atoms with van der Waals surface area (Å²) in [4.78, 5) is 4.76. The van der Waals surface area contributed by atoms with Gasteiger partial charge in [-0.3, -0.25) is 0 Å². The first-order valence-electron chi connectivity index (χ1n) is 6.37. The summed E-state index contributed by atoms with van der Waals surface area (Å²) in [6.45, 7) is 4.53. The molecule has 1 heterocycles. The molecular weight excluding hydrogens is 198 g/mol. The van der Waals surface area contributed by atoms with Crippen molar-refractivity contribution in [3.8, 4) is 0 Å². The number of imidazole rings is 1. The van der Waals surface area contributed by atoms with E-state index >= 15 is 0 Å². The van der Waals surface area contributed by atoms with Gasteiger partial charge in [-0.1, -0.05) is 13.8 Å². The summed E-state index contributed by atoms with van der Waals surface area (Å²) in [7, 11) is 2.15. The van der Waals surface area contributed by atoms with Crippen LogP contribution in [0.4, 0.5) is 0 Å². The lowest BCUT2D eigenvalue weighted by Crippen LogP contribution is -2.28. The van der Waals surface area contributed by atoms with Crippen molar-refractivity contribution in [3.63, 3.8) is 0 Å². The topological polar surface area (TPSA) is 43.8 Å².